The van der Waals surface area contributed by atoms with Crippen molar-refractivity contribution < 1.29 is 13.6 Å². The molecule has 0 bridgehead atoms. The van der Waals surface area contributed by atoms with E-state index in [0.717, 1.165) is 18.4 Å². The smallest absolute Gasteiger partial charge is 0.252 e. The van der Waals surface area contributed by atoms with E-state index in [4.69, 9.17) is 5.26 Å². The zero-order valence-corrected chi connectivity index (χ0v) is 12.3. The lowest BCUT2D eigenvalue weighted by molar-refractivity contribution is -0.146. The van der Waals surface area contributed by atoms with E-state index in [0.29, 0.717) is 5.56 Å². The summed E-state index contributed by atoms with van der Waals surface area (Å²) < 4.78 is 27.0. The Hall–Kier alpha value is -2.03. The second-order valence-electron chi connectivity index (χ2n) is 6.09. The van der Waals surface area contributed by atoms with Gasteiger partial charge in [0.1, 0.15) is 11.5 Å². The number of halogens is 2. The van der Waals surface area contributed by atoms with Crippen molar-refractivity contribution in [2.75, 3.05) is 0 Å². The van der Waals surface area contributed by atoms with Gasteiger partial charge in [-0.25, -0.2) is 8.78 Å². The van der Waals surface area contributed by atoms with E-state index >= 15 is 0 Å². The van der Waals surface area contributed by atoms with Gasteiger partial charge in [-0.1, -0.05) is 6.92 Å². The van der Waals surface area contributed by atoms with Crippen molar-refractivity contribution in [3.8, 4) is 6.07 Å². The van der Waals surface area contributed by atoms with E-state index < -0.39 is 17.7 Å². The number of hydrogen-bond donors (Lipinski definition) is 0. The first-order valence-corrected chi connectivity index (χ1v) is 7.49. The molecule has 0 N–H and O–H groups in total. The van der Waals surface area contributed by atoms with E-state index in [1.165, 1.54) is 6.20 Å². The Balaban J connectivity index is 1.95. The second kappa shape index (κ2) is 5.31. The highest BCUT2D eigenvalue weighted by molar-refractivity contribution is 5.86. The van der Waals surface area contributed by atoms with Crippen molar-refractivity contribution in [3.63, 3.8) is 0 Å². The number of rotatable bonds is 3. The summed E-state index contributed by atoms with van der Waals surface area (Å²) in [6, 6.07) is 3.34. The van der Waals surface area contributed by atoms with E-state index in [-0.39, 0.29) is 24.9 Å². The lowest BCUT2D eigenvalue weighted by Crippen LogP contribution is -2.40. The van der Waals surface area contributed by atoms with Gasteiger partial charge in [-0.05, 0) is 37.3 Å². The maximum atomic E-state index is 13.5. The average Bonchev–Trinajstić information content (AvgIpc) is 3.06. The fraction of sp³-hybridized carbons (Fsp3) is 0.562. The molecule has 1 aromatic heterocycles. The predicted octanol–water partition coefficient (Wildman–Crippen LogP) is 3.05. The molecule has 2 unspecified atom stereocenters. The van der Waals surface area contributed by atoms with Crippen LogP contribution < -0.4 is 0 Å². The minimum atomic E-state index is -2.64. The van der Waals surface area contributed by atoms with Crippen LogP contribution in [0.1, 0.15) is 49.8 Å². The molecule has 0 aliphatic carbocycles. The summed E-state index contributed by atoms with van der Waals surface area (Å²) in [5, 5.41) is 8.97. The van der Waals surface area contributed by atoms with Gasteiger partial charge in [-0.15, -0.1) is 0 Å². The highest BCUT2D eigenvalue weighted by Crippen LogP contribution is 2.52. The minimum Gasteiger partial charge on any atom is -0.332 e. The molecule has 4 nitrogen and oxygen atoms in total. The quantitative estimate of drug-likeness (QED) is 0.862. The molecule has 0 spiro atoms. The molecule has 3 rings (SSSR count). The van der Waals surface area contributed by atoms with Gasteiger partial charge in [-0.3, -0.25) is 9.78 Å². The molecule has 2 aliphatic rings. The van der Waals surface area contributed by atoms with Gasteiger partial charge in [0.25, 0.3) is 6.43 Å². The summed E-state index contributed by atoms with van der Waals surface area (Å²) in [6.07, 6.45) is 2.27. The fourth-order valence-corrected chi connectivity index (χ4v) is 3.82. The number of nitriles is 1. The summed E-state index contributed by atoms with van der Waals surface area (Å²) in [4.78, 5) is 18.3. The van der Waals surface area contributed by atoms with Gasteiger partial charge >= 0.3 is 0 Å². The van der Waals surface area contributed by atoms with Crippen molar-refractivity contribution in [1.82, 2.24) is 9.88 Å². The fourth-order valence-electron chi connectivity index (χ4n) is 3.82. The number of pyridine rings is 1. The van der Waals surface area contributed by atoms with Crippen molar-refractivity contribution >= 4 is 5.91 Å². The molecule has 1 aromatic rings. The molecule has 3 heterocycles. The largest absolute Gasteiger partial charge is 0.332 e. The number of aromatic nitrogens is 1. The number of alkyl halides is 2. The SMILES string of the molecule is CCC1(C(F)F)C[C@H]2CCC(c3cncc(C#N)c3)N2C1=O. The van der Waals surface area contributed by atoms with Crippen LogP contribution in [-0.2, 0) is 4.79 Å². The molecular formula is C16H17F2N3O. The summed E-state index contributed by atoms with van der Waals surface area (Å²) in [5.41, 5.74) is -0.358. The van der Waals surface area contributed by atoms with Gasteiger partial charge in [0.2, 0.25) is 5.91 Å². The minimum absolute atomic E-state index is 0.128. The Kier molecular flexibility index (Phi) is 3.59. The van der Waals surface area contributed by atoms with Gasteiger partial charge < -0.3 is 4.90 Å². The molecule has 2 aliphatic heterocycles. The number of carbonyl (C=O) groups excluding carboxylic acids is 1. The van der Waals surface area contributed by atoms with Crippen molar-refractivity contribution in [1.29, 1.82) is 5.26 Å². The lowest BCUT2D eigenvalue weighted by atomic mass is 9.81. The monoisotopic (exact) mass is 305 g/mol. The van der Waals surface area contributed by atoms with Gasteiger partial charge in [-0.2, -0.15) is 5.26 Å². The Morgan fingerprint density at radius 2 is 2.27 bits per heavy atom. The summed E-state index contributed by atoms with van der Waals surface area (Å²) >= 11 is 0. The number of fused-ring (bicyclic) bond motifs is 1. The molecule has 2 fully saturated rings. The number of amides is 1. The molecule has 1 amide bonds. The zero-order valence-electron chi connectivity index (χ0n) is 12.3. The van der Waals surface area contributed by atoms with Crippen molar-refractivity contribution in [3.05, 3.63) is 29.6 Å². The Labute approximate surface area is 127 Å². The van der Waals surface area contributed by atoms with Crippen LogP contribution in [0.15, 0.2) is 18.5 Å². The lowest BCUT2D eigenvalue weighted by Gasteiger charge is -2.29. The van der Waals surface area contributed by atoms with Crippen LogP contribution in [0.3, 0.4) is 0 Å². The first-order chi connectivity index (χ1) is 10.5. The Bertz CT molecular complexity index is 643. The zero-order chi connectivity index (χ0) is 15.9. The first kappa shape index (κ1) is 14.9. The van der Waals surface area contributed by atoms with Crippen molar-refractivity contribution in [2.24, 2.45) is 5.41 Å². The molecule has 116 valence electrons. The third-order valence-corrected chi connectivity index (χ3v) is 5.08. The second-order valence-corrected chi connectivity index (χ2v) is 6.09. The van der Waals surface area contributed by atoms with Gasteiger partial charge in [0.15, 0.2) is 0 Å². The predicted molar refractivity (Wildman–Crippen MR) is 74.9 cm³/mol. The highest BCUT2D eigenvalue weighted by atomic mass is 19.3. The summed E-state index contributed by atoms with van der Waals surface area (Å²) in [5.74, 6) is -0.445. The molecule has 0 saturated carbocycles. The van der Waals surface area contributed by atoms with Crippen LogP contribution in [0, 0.1) is 16.7 Å². The molecule has 3 atom stereocenters. The molecule has 6 heteroatoms. The third-order valence-electron chi connectivity index (χ3n) is 5.08. The van der Waals surface area contributed by atoms with Gasteiger partial charge in [0, 0.05) is 18.4 Å². The standard InChI is InChI=1S/C16H17F2N3O/c1-2-16(14(17)18)6-12-3-4-13(21(12)15(16)22)11-5-10(7-19)8-20-9-11/h5,8-9,12-14H,2-4,6H2,1H3/t12-,13?,16?/m1/s1. The Morgan fingerprint density at radius 1 is 1.50 bits per heavy atom. The van der Waals surface area contributed by atoms with Crippen LogP contribution >= 0.6 is 0 Å². The molecule has 0 aromatic carbocycles. The third kappa shape index (κ3) is 1.99. The summed E-state index contributed by atoms with van der Waals surface area (Å²) in [6.45, 7) is 1.65. The van der Waals surface area contributed by atoms with E-state index in [2.05, 4.69) is 4.98 Å². The van der Waals surface area contributed by atoms with Crippen molar-refractivity contribution in [2.45, 2.75) is 51.1 Å². The van der Waals surface area contributed by atoms with Crippen LogP contribution in [0.25, 0.3) is 0 Å². The maximum Gasteiger partial charge on any atom is 0.252 e. The van der Waals surface area contributed by atoms with E-state index in [1.807, 2.05) is 6.07 Å². The van der Waals surface area contributed by atoms with Gasteiger partial charge in [0.05, 0.1) is 11.6 Å². The molecule has 2 saturated heterocycles. The van der Waals surface area contributed by atoms with Crippen LogP contribution in [0.4, 0.5) is 8.78 Å². The van der Waals surface area contributed by atoms with E-state index in [9.17, 15) is 13.6 Å². The summed E-state index contributed by atoms with van der Waals surface area (Å²) in [7, 11) is 0. The highest BCUT2D eigenvalue weighted by Gasteiger charge is 2.59. The van der Waals surface area contributed by atoms with Crippen LogP contribution in [0.2, 0.25) is 0 Å². The van der Waals surface area contributed by atoms with Crippen LogP contribution in [-0.4, -0.2) is 28.3 Å². The first-order valence-electron chi connectivity index (χ1n) is 7.49. The number of carbonyl (C=O) groups is 1. The number of nitrogens with zero attached hydrogens (tertiary/aromatic N) is 3. The number of hydrogen-bond acceptors (Lipinski definition) is 3. The normalized spacial score (nSPS) is 30.7. The molecule has 0 radical (unpaired) electrons. The van der Waals surface area contributed by atoms with Crippen LogP contribution in [0.5, 0.6) is 0 Å². The molecule has 22 heavy (non-hydrogen) atoms. The topological polar surface area (TPSA) is 57.0 Å². The molecular weight excluding hydrogens is 288 g/mol. The van der Waals surface area contributed by atoms with E-state index in [1.54, 1.807) is 24.1 Å². The Morgan fingerprint density at radius 3 is 2.91 bits per heavy atom. The average molecular weight is 305 g/mol. The maximum absolute atomic E-state index is 13.5.